The molecule has 21 heavy (non-hydrogen) atoms. The molecule has 2 aromatic rings. The third kappa shape index (κ3) is 3.68. The van der Waals surface area contributed by atoms with Crippen LogP contribution in [-0.2, 0) is 11.3 Å². The summed E-state index contributed by atoms with van der Waals surface area (Å²) >= 11 is 0. The lowest BCUT2D eigenvalue weighted by molar-refractivity contribution is 0.0239. The number of ether oxygens (including phenoxy) is 1. The molecule has 5 nitrogen and oxygen atoms in total. The van der Waals surface area contributed by atoms with Crippen LogP contribution in [0.3, 0.4) is 0 Å². The molecule has 1 saturated heterocycles. The third-order valence-corrected chi connectivity index (χ3v) is 4.08. The zero-order valence-corrected chi connectivity index (χ0v) is 12.5. The van der Waals surface area contributed by atoms with Gasteiger partial charge in [-0.05, 0) is 30.4 Å². The zero-order valence-electron chi connectivity index (χ0n) is 12.5. The van der Waals surface area contributed by atoms with E-state index >= 15 is 0 Å². The van der Waals surface area contributed by atoms with Gasteiger partial charge < -0.3 is 10.1 Å². The molecule has 0 atom stereocenters. The lowest BCUT2D eigenvalue weighted by Gasteiger charge is -2.33. The average molecular weight is 286 g/mol. The van der Waals surface area contributed by atoms with Crippen molar-refractivity contribution in [3.05, 3.63) is 42.2 Å². The van der Waals surface area contributed by atoms with Crippen LogP contribution in [0.5, 0.6) is 0 Å². The largest absolute Gasteiger partial charge is 0.381 e. The van der Waals surface area contributed by atoms with Crippen LogP contribution in [-0.4, -0.2) is 34.8 Å². The van der Waals surface area contributed by atoms with E-state index < -0.39 is 0 Å². The first-order valence-corrected chi connectivity index (χ1v) is 7.50. The maximum absolute atomic E-state index is 5.43. The van der Waals surface area contributed by atoms with E-state index in [0.717, 1.165) is 50.5 Å². The van der Waals surface area contributed by atoms with Gasteiger partial charge in [-0.3, -0.25) is 0 Å². The standard InChI is InChI=1S/C16H22N4O/c1-16(7-9-21-10-8-16)13-17-11-14-12-18-20(19-14)15-5-3-2-4-6-15/h2-6,12,17H,7-11,13H2,1H3. The van der Waals surface area contributed by atoms with Crippen LogP contribution in [0.2, 0.25) is 0 Å². The van der Waals surface area contributed by atoms with E-state index in [-0.39, 0.29) is 0 Å². The fourth-order valence-corrected chi connectivity index (χ4v) is 2.59. The van der Waals surface area contributed by atoms with Gasteiger partial charge in [0.15, 0.2) is 0 Å². The fraction of sp³-hybridized carbons (Fsp3) is 0.500. The molecule has 1 aromatic heterocycles. The number of aromatic nitrogens is 3. The molecular formula is C16H22N4O. The van der Waals surface area contributed by atoms with Crippen molar-refractivity contribution in [3.63, 3.8) is 0 Å². The van der Waals surface area contributed by atoms with E-state index in [0.29, 0.717) is 5.41 Å². The highest BCUT2D eigenvalue weighted by atomic mass is 16.5. The van der Waals surface area contributed by atoms with Gasteiger partial charge in [0.1, 0.15) is 0 Å². The second kappa shape index (κ2) is 6.37. The second-order valence-electron chi connectivity index (χ2n) is 5.99. The molecule has 0 radical (unpaired) electrons. The minimum absolute atomic E-state index is 0.341. The molecule has 0 amide bonds. The Morgan fingerprint density at radius 2 is 2.00 bits per heavy atom. The monoisotopic (exact) mass is 286 g/mol. The van der Waals surface area contributed by atoms with Crippen LogP contribution in [0.25, 0.3) is 5.69 Å². The smallest absolute Gasteiger partial charge is 0.0969 e. The van der Waals surface area contributed by atoms with Gasteiger partial charge in [0.2, 0.25) is 0 Å². The Kier molecular flexibility index (Phi) is 4.31. The summed E-state index contributed by atoms with van der Waals surface area (Å²) in [6.45, 7) is 5.83. The Bertz CT molecular complexity index is 561. The number of para-hydroxylation sites is 1. The molecule has 1 aromatic carbocycles. The SMILES string of the molecule is CC1(CNCc2cnn(-c3ccccc3)n2)CCOCC1. The number of benzene rings is 1. The molecule has 1 aliphatic heterocycles. The van der Waals surface area contributed by atoms with Crippen molar-refractivity contribution in [2.75, 3.05) is 19.8 Å². The van der Waals surface area contributed by atoms with Crippen LogP contribution >= 0.6 is 0 Å². The summed E-state index contributed by atoms with van der Waals surface area (Å²) in [7, 11) is 0. The van der Waals surface area contributed by atoms with Crippen LogP contribution in [0.4, 0.5) is 0 Å². The molecule has 2 heterocycles. The minimum Gasteiger partial charge on any atom is -0.381 e. The van der Waals surface area contributed by atoms with Crippen LogP contribution in [0, 0.1) is 5.41 Å². The predicted octanol–water partition coefficient (Wildman–Crippen LogP) is 2.17. The molecule has 1 aliphatic rings. The van der Waals surface area contributed by atoms with E-state index in [1.54, 1.807) is 4.80 Å². The van der Waals surface area contributed by atoms with E-state index in [1.807, 2.05) is 36.5 Å². The first-order valence-electron chi connectivity index (χ1n) is 7.50. The van der Waals surface area contributed by atoms with Crippen molar-refractivity contribution in [2.24, 2.45) is 5.41 Å². The molecule has 0 spiro atoms. The van der Waals surface area contributed by atoms with Crippen LogP contribution in [0.15, 0.2) is 36.5 Å². The van der Waals surface area contributed by atoms with Gasteiger partial charge in [-0.2, -0.15) is 15.0 Å². The van der Waals surface area contributed by atoms with E-state index in [9.17, 15) is 0 Å². The summed E-state index contributed by atoms with van der Waals surface area (Å²) in [5, 5.41) is 12.3. The molecule has 1 N–H and O–H groups in total. The topological polar surface area (TPSA) is 52.0 Å². The van der Waals surface area contributed by atoms with Crippen molar-refractivity contribution < 1.29 is 4.74 Å². The molecule has 3 rings (SSSR count). The first kappa shape index (κ1) is 14.2. The van der Waals surface area contributed by atoms with Gasteiger partial charge in [-0.25, -0.2) is 0 Å². The summed E-state index contributed by atoms with van der Waals surface area (Å²) in [6, 6.07) is 9.97. The van der Waals surface area contributed by atoms with Crippen molar-refractivity contribution in [1.29, 1.82) is 0 Å². The molecule has 0 unspecified atom stereocenters. The van der Waals surface area contributed by atoms with E-state index in [1.165, 1.54) is 0 Å². The van der Waals surface area contributed by atoms with Gasteiger partial charge in [0.25, 0.3) is 0 Å². The molecule has 1 fully saturated rings. The number of rotatable bonds is 5. The lowest BCUT2D eigenvalue weighted by atomic mass is 9.82. The Morgan fingerprint density at radius 3 is 2.76 bits per heavy atom. The highest BCUT2D eigenvalue weighted by molar-refractivity contribution is 5.28. The highest BCUT2D eigenvalue weighted by Gasteiger charge is 2.26. The number of hydrogen-bond donors (Lipinski definition) is 1. The van der Waals surface area contributed by atoms with E-state index in [2.05, 4.69) is 22.4 Å². The Hall–Kier alpha value is -1.72. The molecule has 112 valence electrons. The molecule has 0 aliphatic carbocycles. The van der Waals surface area contributed by atoms with Gasteiger partial charge >= 0.3 is 0 Å². The zero-order chi connectivity index (χ0) is 14.5. The summed E-state index contributed by atoms with van der Waals surface area (Å²) in [6.07, 6.45) is 4.07. The number of nitrogens with one attached hydrogen (secondary N) is 1. The number of hydrogen-bond acceptors (Lipinski definition) is 4. The molecule has 0 bridgehead atoms. The Balaban J connectivity index is 1.53. The Labute approximate surface area is 125 Å². The predicted molar refractivity (Wildman–Crippen MR) is 81.2 cm³/mol. The van der Waals surface area contributed by atoms with E-state index in [4.69, 9.17) is 4.74 Å². The summed E-state index contributed by atoms with van der Waals surface area (Å²) in [5.74, 6) is 0. The number of nitrogens with zero attached hydrogens (tertiary/aromatic N) is 3. The fourth-order valence-electron chi connectivity index (χ4n) is 2.59. The third-order valence-electron chi connectivity index (χ3n) is 4.08. The molecular weight excluding hydrogens is 264 g/mol. The minimum atomic E-state index is 0.341. The van der Waals surface area contributed by atoms with Crippen molar-refractivity contribution >= 4 is 0 Å². The lowest BCUT2D eigenvalue weighted by Crippen LogP contribution is -2.36. The summed E-state index contributed by atoms with van der Waals surface area (Å²) in [5.41, 5.74) is 2.29. The highest BCUT2D eigenvalue weighted by Crippen LogP contribution is 2.28. The maximum atomic E-state index is 5.43. The Morgan fingerprint density at radius 1 is 1.24 bits per heavy atom. The van der Waals surface area contributed by atoms with Gasteiger partial charge in [-0.15, -0.1) is 0 Å². The van der Waals surface area contributed by atoms with Gasteiger partial charge in [0, 0.05) is 26.3 Å². The normalized spacial score (nSPS) is 17.8. The van der Waals surface area contributed by atoms with Gasteiger partial charge in [-0.1, -0.05) is 25.1 Å². The van der Waals surface area contributed by atoms with Crippen molar-refractivity contribution in [2.45, 2.75) is 26.3 Å². The first-order chi connectivity index (χ1) is 10.3. The van der Waals surface area contributed by atoms with Crippen LogP contribution in [0.1, 0.15) is 25.5 Å². The molecule has 0 saturated carbocycles. The quantitative estimate of drug-likeness (QED) is 0.915. The maximum Gasteiger partial charge on any atom is 0.0969 e. The van der Waals surface area contributed by atoms with Crippen molar-refractivity contribution in [3.8, 4) is 5.69 Å². The second-order valence-corrected chi connectivity index (χ2v) is 5.99. The summed E-state index contributed by atoms with van der Waals surface area (Å²) in [4.78, 5) is 1.67. The average Bonchev–Trinajstić information content (AvgIpc) is 2.98. The molecule has 5 heteroatoms. The van der Waals surface area contributed by atoms with Gasteiger partial charge in [0.05, 0.1) is 17.6 Å². The van der Waals surface area contributed by atoms with Crippen LogP contribution < -0.4 is 5.32 Å². The summed E-state index contributed by atoms with van der Waals surface area (Å²) < 4.78 is 5.43. The van der Waals surface area contributed by atoms with Crippen molar-refractivity contribution in [1.82, 2.24) is 20.3 Å².